The van der Waals surface area contributed by atoms with Gasteiger partial charge < -0.3 is 19.5 Å². The first-order valence-electron chi connectivity index (χ1n) is 9.88. The van der Waals surface area contributed by atoms with Gasteiger partial charge in [-0.15, -0.1) is 0 Å². The van der Waals surface area contributed by atoms with Crippen molar-refractivity contribution in [2.24, 2.45) is 0 Å². The molecular formula is C24H26N2O5. The van der Waals surface area contributed by atoms with Crippen LogP contribution in [0, 0.1) is 13.8 Å². The molecule has 1 N–H and O–H groups in total. The lowest BCUT2D eigenvalue weighted by molar-refractivity contribution is -0.124. The first-order valence-corrected chi connectivity index (χ1v) is 9.88. The highest BCUT2D eigenvalue weighted by molar-refractivity contribution is 5.96. The van der Waals surface area contributed by atoms with Crippen molar-refractivity contribution in [3.05, 3.63) is 64.8 Å². The number of hydrogen-bond donors (Lipinski definition) is 1. The number of carbonyl (C=O) groups excluding carboxylic acids is 2. The Hall–Kier alpha value is -3.61. The van der Waals surface area contributed by atoms with Crippen LogP contribution in [0.15, 0.2) is 42.5 Å². The highest BCUT2D eigenvalue weighted by atomic mass is 16.5. The smallest absolute Gasteiger partial charge is 0.340 e. The van der Waals surface area contributed by atoms with Crippen molar-refractivity contribution in [3.63, 3.8) is 0 Å². The van der Waals surface area contributed by atoms with E-state index in [9.17, 15) is 9.59 Å². The van der Waals surface area contributed by atoms with Crippen molar-refractivity contribution in [1.29, 1.82) is 0 Å². The van der Waals surface area contributed by atoms with Crippen LogP contribution in [0.25, 0.3) is 10.9 Å². The summed E-state index contributed by atoms with van der Waals surface area (Å²) in [6, 6.07) is 12.5. The predicted octanol–water partition coefficient (Wildman–Crippen LogP) is 3.90. The molecule has 0 fully saturated rings. The van der Waals surface area contributed by atoms with Gasteiger partial charge in [0.1, 0.15) is 11.5 Å². The molecule has 0 aliphatic rings. The Morgan fingerprint density at radius 3 is 2.52 bits per heavy atom. The topological polar surface area (TPSA) is 86.8 Å². The summed E-state index contributed by atoms with van der Waals surface area (Å²) in [5.74, 6) is 0.264. The van der Waals surface area contributed by atoms with E-state index in [-0.39, 0.29) is 6.04 Å². The summed E-state index contributed by atoms with van der Waals surface area (Å²) >= 11 is 0. The van der Waals surface area contributed by atoms with Crippen molar-refractivity contribution in [2.75, 3.05) is 20.8 Å². The van der Waals surface area contributed by atoms with Crippen molar-refractivity contribution in [2.45, 2.75) is 26.8 Å². The number of aromatic nitrogens is 1. The maximum atomic E-state index is 12.6. The van der Waals surface area contributed by atoms with Crippen LogP contribution in [-0.2, 0) is 9.53 Å². The Morgan fingerprint density at radius 1 is 1.03 bits per heavy atom. The third kappa shape index (κ3) is 5.12. The summed E-state index contributed by atoms with van der Waals surface area (Å²) < 4.78 is 15.8. The van der Waals surface area contributed by atoms with Gasteiger partial charge in [0, 0.05) is 10.9 Å². The minimum absolute atomic E-state index is 0.341. The van der Waals surface area contributed by atoms with Gasteiger partial charge in [0.15, 0.2) is 6.61 Å². The van der Waals surface area contributed by atoms with E-state index in [0.29, 0.717) is 22.8 Å². The van der Waals surface area contributed by atoms with Crippen LogP contribution in [0.2, 0.25) is 0 Å². The van der Waals surface area contributed by atoms with E-state index in [4.69, 9.17) is 14.2 Å². The average Bonchev–Trinajstić information content (AvgIpc) is 2.76. The fourth-order valence-electron chi connectivity index (χ4n) is 3.35. The molecular weight excluding hydrogens is 396 g/mol. The Bertz CT molecular complexity index is 1130. The number of methoxy groups -OCH3 is 2. The van der Waals surface area contributed by atoms with Crippen LogP contribution in [0.4, 0.5) is 0 Å². The minimum Gasteiger partial charge on any atom is -0.497 e. The largest absolute Gasteiger partial charge is 0.497 e. The highest BCUT2D eigenvalue weighted by Gasteiger charge is 2.18. The van der Waals surface area contributed by atoms with E-state index in [1.54, 1.807) is 45.4 Å². The fourth-order valence-corrected chi connectivity index (χ4v) is 3.35. The molecule has 31 heavy (non-hydrogen) atoms. The molecule has 1 aromatic heterocycles. The summed E-state index contributed by atoms with van der Waals surface area (Å²) in [4.78, 5) is 29.4. The van der Waals surface area contributed by atoms with Crippen LogP contribution in [-0.4, -0.2) is 37.7 Å². The molecule has 1 heterocycles. The molecule has 1 atom stereocenters. The zero-order valence-corrected chi connectivity index (χ0v) is 18.3. The third-order valence-corrected chi connectivity index (χ3v) is 5.00. The number of nitrogens with zero attached hydrogens (tertiary/aromatic N) is 1. The molecule has 0 bridgehead atoms. The van der Waals surface area contributed by atoms with Crippen LogP contribution < -0.4 is 14.8 Å². The number of benzene rings is 2. The van der Waals surface area contributed by atoms with Crippen LogP contribution in [0.5, 0.6) is 11.5 Å². The zero-order chi connectivity index (χ0) is 22.5. The molecule has 0 spiro atoms. The number of esters is 1. The van der Waals surface area contributed by atoms with Gasteiger partial charge >= 0.3 is 5.97 Å². The Kier molecular flexibility index (Phi) is 6.74. The molecule has 7 heteroatoms. The first kappa shape index (κ1) is 22.1. The molecule has 3 rings (SSSR count). The maximum Gasteiger partial charge on any atom is 0.340 e. The van der Waals surface area contributed by atoms with Gasteiger partial charge in [0.05, 0.1) is 37.0 Å². The maximum absolute atomic E-state index is 12.6. The molecule has 0 aliphatic carbocycles. The van der Waals surface area contributed by atoms with Crippen molar-refractivity contribution in [3.8, 4) is 11.5 Å². The van der Waals surface area contributed by atoms with Gasteiger partial charge in [0.25, 0.3) is 5.91 Å². The number of fused-ring (bicyclic) bond motifs is 1. The van der Waals surface area contributed by atoms with Gasteiger partial charge in [-0.1, -0.05) is 11.6 Å². The summed E-state index contributed by atoms with van der Waals surface area (Å²) in [5.41, 5.74) is 3.52. The predicted molar refractivity (Wildman–Crippen MR) is 118 cm³/mol. The number of aryl methyl sites for hydroxylation is 2. The Balaban J connectivity index is 1.66. The fraction of sp³-hybridized carbons (Fsp3) is 0.292. The van der Waals surface area contributed by atoms with E-state index in [0.717, 1.165) is 22.0 Å². The Labute approximate surface area is 181 Å². The summed E-state index contributed by atoms with van der Waals surface area (Å²) in [6.07, 6.45) is 0. The molecule has 162 valence electrons. The number of nitrogens with one attached hydrogen (secondary N) is 1. The number of hydrogen-bond acceptors (Lipinski definition) is 6. The summed E-state index contributed by atoms with van der Waals surface area (Å²) in [5, 5.41) is 3.66. The number of pyridine rings is 1. The second-order valence-corrected chi connectivity index (χ2v) is 7.29. The van der Waals surface area contributed by atoms with Gasteiger partial charge in [-0.05, 0) is 57.2 Å². The van der Waals surface area contributed by atoms with Crippen LogP contribution in [0.3, 0.4) is 0 Å². The second kappa shape index (κ2) is 9.47. The monoisotopic (exact) mass is 422 g/mol. The molecule has 0 saturated carbocycles. The normalized spacial score (nSPS) is 11.6. The molecule has 1 unspecified atom stereocenters. The van der Waals surface area contributed by atoms with Crippen LogP contribution in [0.1, 0.15) is 40.1 Å². The lowest BCUT2D eigenvalue weighted by Gasteiger charge is -2.18. The quantitative estimate of drug-likeness (QED) is 0.581. The van der Waals surface area contributed by atoms with E-state index in [1.807, 2.05) is 32.0 Å². The second-order valence-electron chi connectivity index (χ2n) is 7.29. The van der Waals surface area contributed by atoms with Crippen molar-refractivity contribution < 1.29 is 23.8 Å². The molecule has 3 aromatic rings. The standard InChI is InChI=1S/C24H26N2O5/c1-14-6-8-21-17(10-14)11-20(16(3)25-21)24(28)31-13-23(27)26-15(2)19-12-18(29-4)7-9-22(19)30-5/h6-12,15H,13H2,1-5H3,(H,26,27). The SMILES string of the molecule is COc1ccc(OC)c(C(C)NC(=O)COC(=O)c2cc3cc(C)ccc3nc2C)c1. The van der Waals surface area contributed by atoms with E-state index in [1.165, 1.54) is 0 Å². The molecule has 0 saturated heterocycles. The highest BCUT2D eigenvalue weighted by Crippen LogP contribution is 2.29. The van der Waals surface area contributed by atoms with Crippen LogP contribution >= 0.6 is 0 Å². The average molecular weight is 422 g/mol. The van der Waals surface area contributed by atoms with Gasteiger partial charge in [-0.3, -0.25) is 9.78 Å². The number of ether oxygens (including phenoxy) is 3. The molecule has 7 nitrogen and oxygen atoms in total. The van der Waals surface area contributed by atoms with Gasteiger partial charge in [-0.25, -0.2) is 4.79 Å². The number of carbonyl (C=O) groups is 2. The molecule has 0 aliphatic heterocycles. The van der Waals surface area contributed by atoms with Crippen molar-refractivity contribution >= 4 is 22.8 Å². The lowest BCUT2D eigenvalue weighted by atomic mass is 10.1. The summed E-state index contributed by atoms with van der Waals surface area (Å²) in [7, 11) is 3.13. The molecule has 1 amide bonds. The van der Waals surface area contributed by atoms with E-state index >= 15 is 0 Å². The molecule has 0 radical (unpaired) electrons. The first-order chi connectivity index (χ1) is 14.8. The Morgan fingerprint density at radius 2 is 1.81 bits per heavy atom. The van der Waals surface area contributed by atoms with E-state index in [2.05, 4.69) is 10.3 Å². The van der Waals surface area contributed by atoms with Gasteiger partial charge in [-0.2, -0.15) is 0 Å². The van der Waals surface area contributed by atoms with E-state index < -0.39 is 18.5 Å². The zero-order valence-electron chi connectivity index (χ0n) is 18.3. The lowest BCUT2D eigenvalue weighted by Crippen LogP contribution is -2.31. The van der Waals surface area contributed by atoms with Gasteiger partial charge in [0.2, 0.25) is 0 Å². The van der Waals surface area contributed by atoms with Crippen molar-refractivity contribution in [1.82, 2.24) is 10.3 Å². The number of amides is 1. The summed E-state index contributed by atoms with van der Waals surface area (Å²) in [6.45, 7) is 5.13. The molecule has 2 aromatic carbocycles. The third-order valence-electron chi connectivity index (χ3n) is 5.00. The number of rotatable bonds is 7. The minimum atomic E-state index is -0.588.